The highest BCUT2D eigenvalue weighted by atomic mass is 127. The number of anilines is 1. The summed E-state index contributed by atoms with van der Waals surface area (Å²) in [6.45, 7) is 1.86. The van der Waals surface area contributed by atoms with E-state index < -0.39 is 0 Å². The third-order valence-corrected chi connectivity index (χ3v) is 3.79. The Hall–Kier alpha value is -0.950. The fraction of sp³-hybridized carbons (Fsp3) is 0.0769. The van der Waals surface area contributed by atoms with Crippen LogP contribution in [0.25, 0.3) is 0 Å². The van der Waals surface area contributed by atoms with E-state index in [4.69, 9.17) is 0 Å². The molecule has 92 valence electrons. The van der Waals surface area contributed by atoms with Crippen molar-refractivity contribution < 1.29 is 4.79 Å². The SMILES string of the molecule is Cc1ncccc1NC(=O)c1cc(I)ccc1Br. The molecule has 1 aromatic carbocycles. The normalized spacial score (nSPS) is 10.2. The Labute approximate surface area is 127 Å². The minimum atomic E-state index is -0.142. The van der Waals surface area contributed by atoms with Gasteiger partial charge < -0.3 is 5.32 Å². The van der Waals surface area contributed by atoms with Crippen LogP contribution in [0.15, 0.2) is 41.0 Å². The van der Waals surface area contributed by atoms with Crippen molar-refractivity contribution in [2.75, 3.05) is 5.32 Å². The Morgan fingerprint density at radius 1 is 1.39 bits per heavy atom. The second-order valence-electron chi connectivity index (χ2n) is 3.71. The highest BCUT2D eigenvalue weighted by Crippen LogP contribution is 2.21. The van der Waals surface area contributed by atoms with Crippen LogP contribution in [-0.2, 0) is 0 Å². The number of nitrogens with one attached hydrogen (secondary N) is 1. The molecule has 0 fully saturated rings. The van der Waals surface area contributed by atoms with Crippen molar-refractivity contribution in [2.45, 2.75) is 6.92 Å². The molecule has 0 bridgehead atoms. The summed E-state index contributed by atoms with van der Waals surface area (Å²) in [7, 11) is 0. The zero-order valence-corrected chi connectivity index (χ0v) is 13.3. The molecule has 1 amide bonds. The molecule has 2 rings (SSSR count). The fourth-order valence-corrected chi connectivity index (χ4v) is 2.40. The Bertz CT molecular complexity index is 601. The van der Waals surface area contributed by atoms with E-state index in [2.05, 4.69) is 48.8 Å². The summed E-state index contributed by atoms with van der Waals surface area (Å²) in [6, 6.07) is 9.28. The van der Waals surface area contributed by atoms with Crippen LogP contribution in [0.3, 0.4) is 0 Å². The number of benzene rings is 1. The number of hydrogen-bond acceptors (Lipinski definition) is 2. The first-order valence-corrected chi connectivity index (χ1v) is 7.13. The number of amides is 1. The first-order chi connectivity index (χ1) is 8.58. The summed E-state index contributed by atoms with van der Waals surface area (Å²) in [6.07, 6.45) is 1.70. The molecule has 0 aliphatic carbocycles. The van der Waals surface area contributed by atoms with E-state index in [0.717, 1.165) is 19.4 Å². The number of hydrogen-bond donors (Lipinski definition) is 1. The molecule has 0 aliphatic rings. The summed E-state index contributed by atoms with van der Waals surface area (Å²) in [4.78, 5) is 16.3. The van der Waals surface area contributed by atoms with Gasteiger partial charge in [-0.2, -0.15) is 0 Å². The molecule has 5 heteroatoms. The molecule has 2 aromatic rings. The Kier molecular flexibility index (Phi) is 4.34. The molecule has 0 aliphatic heterocycles. The monoisotopic (exact) mass is 416 g/mol. The molecule has 3 nitrogen and oxygen atoms in total. The standard InChI is InChI=1S/C13H10BrIN2O/c1-8-12(3-2-6-16-8)17-13(18)10-7-9(15)4-5-11(10)14/h2-7H,1H3,(H,17,18). The smallest absolute Gasteiger partial charge is 0.256 e. The summed E-state index contributed by atoms with van der Waals surface area (Å²) >= 11 is 5.56. The summed E-state index contributed by atoms with van der Waals surface area (Å²) in [5.41, 5.74) is 2.14. The van der Waals surface area contributed by atoms with Crippen molar-refractivity contribution in [3.8, 4) is 0 Å². The lowest BCUT2D eigenvalue weighted by molar-refractivity contribution is 0.102. The van der Waals surface area contributed by atoms with Crippen molar-refractivity contribution in [3.63, 3.8) is 0 Å². The van der Waals surface area contributed by atoms with Gasteiger partial charge in [-0.3, -0.25) is 9.78 Å². The predicted octanol–water partition coefficient (Wildman–Crippen LogP) is 4.01. The average molecular weight is 417 g/mol. The van der Waals surface area contributed by atoms with Crippen LogP contribution in [0.4, 0.5) is 5.69 Å². The van der Waals surface area contributed by atoms with Gasteiger partial charge in [0.1, 0.15) is 0 Å². The first-order valence-electron chi connectivity index (χ1n) is 5.26. The van der Waals surface area contributed by atoms with Crippen molar-refractivity contribution in [3.05, 3.63) is 55.8 Å². The number of nitrogens with zero attached hydrogens (tertiary/aromatic N) is 1. The molecule has 1 N–H and O–H groups in total. The van der Waals surface area contributed by atoms with Gasteiger partial charge in [-0.15, -0.1) is 0 Å². The Morgan fingerprint density at radius 3 is 2.89 bits per heavy atom. The van der Waals surface area contributed by atoms with Gasteiger partial charge in [-0.1, -0.05) is 0 Å². The third kappa shape index (κ3) is 3.08. The lowest BCUT2D eigenvalue weighted by Gasteiger charge is -2.09. The van der Waals surface area contributed by atoms with Crippen molar-refractivity contribution >= 4 is 50.1 Å². The van der Waals surface area contributed by atoms with Crippen LogP contribution < -0.4 is 5.32 Å². The van der Waals surface area contributed by atoms with Crippen molar-refractivity contribution in [2.24, 2.45) is 0 Å². The Balaban J connectivity index is 2.28. The van der Waals surface area contributed by atoms with Gasteiger partial charge in [0, 0.05) is 14.2 Å². The van der Waals surface area contributed by atoms with Gasteiger partial charge in [0.15, 0.2) is 0 Å². The van der Waals surface area contributed by atoms with Gasteiger partial charge >= 0.3 is 0 Å². The predicted molar refractivity (Wildman–Crippen MR) is 83.8 cm³/mol. The molecule has 0 saturated carbocycles. The second kappa shape index (κ2) is 5.79. The Morgan fingerprint density at radius 2 is 2.17 bits per heavy atom. The summed E-state index contributed by atoms with van der Waals surface area (Å²) in [5, 5.41) is 2.86. The molecule has 0 radical (unpaired) electrons. The van der Waals surface area contributed by atoms with E-state index in [0.29, 0.717) is 5.56 Å². The number of aryl methyl sites for hydroxylation is 1. The summed E-state index contributed by atoms with van der Waals surface area (Å²) in [5.74, 6) is -0.142. The van der Waals surface area contributed by atoms with Crippen LogP contribution >= 0.6 is 38.5 Å². The number of carbonyl (C=O) groups is 1. The minimum Gasteiger partial charge on any atom is -0.320 e. The van der Waals surface area contributed by atoms with E-state index in [9.17, 15) is 4.79 Å². The molecule has 0 atom stereocenters. The molecule has 0 saturated heterocycles. The van der Waals surface area contributed by atoms with E-state index in [1.54, 1.807) is 12.3 Å². The highest BCUT2D eigenvalue weighted by Gasteiger charge is 2.11. The number of aromatic nitrogens is 1. The lowest BCUT2D eigenvalue weighted by Crippen LogP contribution is -2.14. The molecule has 0 unspecified atom stereocenters. The van der Waals surface area contributed by atoms with Gasteiger partial charge in [0.05, 0.1) is 16.9 Å². The molecule has 1 aromatic heterocycles. The van der Waals surface area contributed by atoms with Crippen LogP contribution in [0.1, 0.15) is 16.1 Å². The fourth-order valence-electron chi connectivity index (χ4n) is 1.48. The minimum absolute atomic E-state index is 0.142. The van der Waals surface area contributed by atoms with Crippen LogP contribution in [0.5, 0.6) is 0 Å². The molecule has 0 spiro atoms. The molecule has 1 heterocycles. The van der Waals surface area contributed by atoms with E-state index in [-0.39, 0.29) is 5.91 Å². The molecular weight excluding hydrogens is 407 g/mol. The second-order valence-corrected chi connectivity index (χ2v) is 5.81. The third-order valence-electron chi connectivity index (χ3n) is 2.43. The number of pyridine rings is 1. The zero-order valence-electron chi connectivity index (χ0n) is 9.58. The van der Waals surface area contributed by atoms with Crippen LogP contribution in [-0.4, -0.2) is 10.9 Å². The average Bonchev–Trinajstić information content (AvgIpc) is 2.35. The maximum Gasteiger partial charge on any atom is 0.256 e. The number of rotatable bonds is 2. The summed E-state index contributed by atoms with van der Waals surface area (Å²) < 4.78 is 1.80. The van der Waals surface area contributed by atoms with Crippen molar-refractivity contribution in [1.29, 1.82) is 0 Å². The van der Waals surface area contributed by atoms with E-state index in [1.807, 2.05) is 31.2 Å². The quantitative estimate of drug-likeness (QED) is 0.751. The maximum absolute atomic E-state index is 12.2. The maximum atomic E-state index is 12.2. The van der Waals surface area contributed by atoms with Gasteiger partial charge in [0.25, 0.3) is 5.91 Å². The van der Waals surface area contributed by atoms with Gasteiger partial charge in [0.2, 0.25) is 0 Å². The van der Waals surface area contributed by atoms with Gasteiger partial charge in [-0.05, 0) is 75.8 Å². The molecule has 18 heavy (non-hydrogen) atoms. The topological polar surface area (TPSA) is 42.0 Å². The first kappa shape index (κ1) is 13.5. The van der Waals surface area contributed by atoms with E-state index >= 15 is 0 Å². The number of carbonyl (C=O) groups excluding carboxylic acids is 1. The van der Waals surface area contributed by atoms with Crippen LogP contribution in [0.2, 0.25) is 0 Å². The van der Waals surface area contributed by atoms with E-state index in [1.165, 1.54) is 0 Å². The lowest BCUT2D eigenvalue weighted by atomic mass is 10.2. The van der Waals surface area contributed by atoms with Crippen molar-refractivity contribution in [1.82, 2.24) is 4.98 Å². The zero-order chi connectivity index (χ0) is 13.1. The van der Waals surface area contributed by atoms with Crippen LogP contribution in [0, 0.1) is 10.5 Å². The highest BCUT2D eigenvalue weighted by molar-refractivity contribution is 14.1. The molecular formula is C13H10BrIN2O. The largest absolute Gasteiger partial charge is 0.320 e. The number of halogens is 2. The van der Waals surface area contributed by atoms with Gasteiger partial charge in [-0.25, -0.2) is 0 Å².